The molecule has 1 N–H and O–H groups in total. The smallest absolute Gasteiger partial charge is 0.0369 e. The van der Waals surface area contributed by atoms with Gasteiger partial charge < -0.3 is 5.32 Å². The van der Waals surface area contributed by atoms with Gasteiger partial charge in [-0.05, 0) is 72.8 Å². The van der Waals surface area contributed by atoms with Crippen LogP contribution in [0, 0.1) is 20.8 Å². The topological polar surface area (TPSA) is 12.0 Å². The van der Waals surface area contributed by atoms with E-state index in [2.05, 4.69) is 62.1 Å². The standard InChI is InChI=1S/C16H21NS/c1-11-6-5-7-12(2)14(11)8-16(17-4)15-10-18-9-13(15)3/h5-7,9-10,16-17H,8H2,1-4H3. The van der Waals surface area contributed by atoms with E-state index >= 15 is 0 Å². The molecule has 1 aromatic carbocycles. The lowest BCUT2D eigenvalue weighted by Crippen LogP contribution is -2.20. The van der Waals surface area contributed by atoms with E-state index in [1.54, 1.807) is 11.3 Å². The second-order valence-electron chi connectivity index (χ2n) is 4.93. The summed E-state index contributed by atoms with van der Waals surface area (Å²) in [6.07, 6.45) is 1.06. The van der Waals surface area contributed by atoms with E-state index in [-0.39, 0.29) is 0 Å². The summed E-state index contributed by atoms with van der Waals surface area (Å²) in [6, 6.07) is 6.96. The van der Waals surface area contributed by atoms with Crippen molar-refractivity contribution in [3.05, 3.63) is 56.8 Å². The molecule has 0 spiro atoms. The van der Waals surface area contributed by atoms with Crippen molar-refractivity contribution in [2.75, 3.05) is 7.05 Å². The van der Waals surface area contributed by atoms with Gasteiger partial charge in [0, 0.05) is 6.04 Å². The molecule has 1 nitrogen and oxygen atoms in total. The predicted molar refractivity (Wildman–Crippen MR) is 80.5 cm³/mol. The Morgan fingerprint density at radius 3 is 2.22 bits per heavy atom. The average molecular weight is 259 g/mol. The third-order valence-electron chi connectivity index (χ3n) is 3.67. The summed E-state index contributed by atoms with van der Waals surface area (Å²) < 4.78 is 0. The van der Waals surface area contributed by atoms with Gasteiger partial charge in [0.25, 0.3) is 0 Å². The molecular formula is C16H21NS. The zero-order chi connectivity index (χ0) is 13.1. The highest BCUT2D eigenvalue weighted by molar-refractivity contribution is 7.08. The minimum atomic E-state index is 0.413. The SMILES string of the molecule is CNC(Cc1c(C)cccc1C)c1cscc1C. The molecule has 1 atom stereocenters. The number of nitrogens with one attached hydrogen (secondary N) is 1. The maximum atomic E-state index is 3.45. The summed E-state index contributed by atoms with van der Waals surface area (Å²) in [5, 5.41) is 7.95. The number of likely N-dealkylation sites (N-methyl/N-ethyl adjacent to an activating group) is 1. The van der Waals surface area contributed by atoms with Gasteiger partial charge in [-0.2, -0.15) is 11.3 Å². The summed E-state index contributed by atoms with van der Waals surface area (Å²) in [6.45, 7) is 6.60. The molecule has 0 bridgehead atoms. The van der Waals surface area contributed by atoms with Crippen LogP contribution in [-0.4, -0.2) is 7.05 Å². The van der Waals surface area contributed by atoms with Crippen molar-refractivity contribution in [3.63, 3.8) is 0 Å². The van der Waals surface area contributed by atoms with Gasteiger partial charge in [-0.15, -0.1) is 0 Å². The monoisotopic (exact) mass is 259 g/mol. The zero-order valence-corrected chi connectivity index (χ0v) is 12.4. The van der Waals surface area contributed by atoms with Gasteiger partial charge in [0.05, 0.1) is 0 Å². The van der Waals surface area contributed by atoms with Crippen LogP contribution in [0.4, 0.5) is 0 Å². The van der Waals surface area contributed by atoms with E-state index in [1.807, 2.05) is 0 Å². The fourth-order valence-corrected chi connectivity index (χ4v) is 3.37. The highest BCUT2D eigenvalue weighted by Crippen LogP contribution is 2.27. The van der Waals surface area contributed by atoms with Crippen LogP contribution in [0.1, 0.15) is 33.9 Å². The van der Waals surface area contributed by atoms with Gasteiger partial charge >= 0.3 is 0 Å². The van der Waals surface area contributed by atoms with E-state index in [1.165, 1.54) is 27.8 Å². The second-order valence-corrected chi connectivity index (χ2v) is 5.67. The lowest BCUT2D eigenvalue weighted by Gasteiger charge is -2.19. The third kappa shape index (κ3) is 2.65. The number of hydrogen-bond acceptors (Lipinski definition) is 2. The molecule has 2 aromatic rings. The molecule has 0 saturated carbocycles. The van der Waals surface area contributed by atoms with Gasteiger partial charge in [0.1, 0.15) is 0 Å². The van der Waals surface area contributed by atoms with E-state index in [4.69, 9.17) is 0 Å². The summed E-state index contributed by atoms with van der Waals surface area (Å²) in [5.74, 6) is 0. The van der Waals surface area contributed by atoms with Crippen molar-refractivity contribution >= 4 is 11.3 Å². The normalized spacial score (nSPS) is 12.7. The first-order chi connectivity index (χ1) is 8.63. The van der Waals surface area contributed by atoms with Crippen molar-refractivity contribution in [2.24, 2.45) is 0 Å². The van der Waals surface area contributed by atoms with Gasteiger partial charge in [-0.1, -0.05) is 18.2 Å². The molecule has 1 unspecified atom stereocenters. The second kappa shape index (κ2) is 5.68. The van der Waals surface area contributed by atoms with Crippen LogP contribution in [-0.2, 0) is 6.42 Å². The van der Waals surface area contributed by atoms with Crippen molar-refractivity contribution in [1.29, 1.82) is 0 Å². The van der Waals surface area contributed by atoms with E-state index in [0.29, 0.717) is 6.04 Å². The molecule has 0 radical (unpaired) electrons. The van der Waals surface area contributed by atoms with Crippen LogP contribution in [0.2, 0.25) is 0 Å². The predicted octanol–water partition coefficient (Wildman–Crippen LogP) is 4.18. The summed E-state index contributed by atoms with van der Waals surface area (Å²) >= 11 is 1.79. The highest BCUT2D eigenvalue weighted by Gasteiger charge is 2.15. The Balaban J connectivity index is 2.29. The van der Waals surface area contributed by atoms with Crippen LogP contribution < -0.4 is 5.32 Å². The molecule has 2 heteroatoms. The van der Waals surface area contributed by atoms with Crippen LogP contribution in [0.3, 0.4) is 0 Å². The first-order valence-electron chi connectivity index (χ1n) is 6.38. The molecular weight excluding hydrogens is 238 g/mol. The van der Waals surface area contributed by atoms with Crippen molar-refractivity contribution in [3.8, 4) is 0 Å². The number of aryl methyl sites for hydroxylation is 3. The molecule has 0 amide bonds. The number of hydrogen-bond donors (Lipinski definition) is 1. The summed E-state index contributed by atoms with van der Waals surface area (Å²) in [4.78, 5) is 0. The maximum absolute atomic E-state index is 3.45. The maximum Gasteiger partial charge on any atom is 0.0369 e. The fourth-order valence-electron chi connectivity index (χ4n) is 2.47. The largest absolute Gasteiger partial charge is 0.313 e. The van der Waals surface area contributed by atoms with Gasteiger partial charge in [0.15, 0.2) is 0 Å². The van der Waals surface area contributed by atoms with Crippen LogP contribution in [0.15, 0.2) is 29.0 Å². The van der Waals surface area contributed by atoms with Gasteiger partial charge in [-0.25, -0.2) is 0 Å². The lowest BCUT2D eigenvalue weighted by atomic mass is 9.93. The lowest BCUT2D eigenvalue weighted by molar-refractivity contribution is 0.588. The Labute approximate surface area is 114 Å². The molecule has 0 aliphatic heterocycles. The van der Waals surface area contributed by atoms with Gasteiger partial charge in [-0.3, -0.25) is 0 Å². The Hall–Kier alpha value is -1.12. The Morgan fingerprint density at radius 2 is 1.72 bits per heavy atom. The van der Waals surface area contributed by atoms with Crippen molar-refractivity contribution < 1.29 is 0 Å². The average Bonchev–Trinajstić information content (AvgIpc) is 2.76. The Bertz CT molecular complexity index is 507. The first-order valence-corrected chi connectivity index (χ1v) is 7.32. The van der Waals surface area contributed by atoms with Crippen molar-refractivity contribution in [1.82, 2.24) is 5.32 Å². The van der Waals surface area contributed by atoms with E-state index in [0.717, 1.165) is 6.42 Å². The third-order valence-corrected chi connectivity index (χ3v) is 4.55. The first kappa shape index (κ1) is 13.3. The molecule has 0 aliphatic rings. The van der Waals surface area contributed by atoms with E-state index in [9.17, 15) is 0 Å². The quantitative estimate of drug-likeness (QED) is 0.868. The molecule has 18 heavy (non-hydrogen) atoms. The molecule has 1 heterocycles. The minimum absolute atomic E-state index is 0.413. The molecule has 0 aliphatic carbocycles. The molecule has 1 aromatic heterocycles. The van der Waals surface area contributed by atoms with E-state index < -0.39 is 0 Å². The molecule has 96 valence electrons. The number of benzene rings is 1. The Kier molecular flexibility index (Phi) is 4.20. The summed E-state index contributed by atoms with van der Waals surface area (Å²) in [7, 11) is 2.05. The minimum Gasteiger partial charge on any atom is -0.313 e. The molecule has 0 saturated heterocycles. The molecule has 0 fully saturated rings. The highest BCUT2D eigenvalue weighted by atomic mass is 32.1. The van der Waals surface area contributed by atoms with Crippen molar-refractivity contribution in [2.45, 2.75) is 33.2 Å². The number of thiophene rings is 1. The molecule has 2 rings (SSSR count). The Morgan fingerprint density at radius 1 is 1.06 bits per heavy atom. The fraction of sp³-hybridized carbons (Fsp3) is 0.375. The zero-order valence-electron chi connectivity index (χ0n) is 11.6. The summed E-state index contributed by atoms with van der Waals surface area (Å²) in [5.41, 5.74) is 7.09. The van der Waals surface area contributed by atoms with Crippen LogP contribution >= 0.6 is 11.3 Å². The van der Waals surface area contributed by atoms with Crippen LogP contribution in [0.25, 0.3) is 0 Å². The van der Waals surface area contributed by atoms with Crippen LogP contribution in [0.5, 0.6) is 0 Å². The van der Waals surface area contributed by atoms with Gasteiger partial charge in [0.2, 0.25) is 0 Å². The number of rotatable bonds is 4.